The van der Waals surface area contributed by atoms with Gasteiger partial charge < -0.3 is 9.14 Å². The van der Waals surface area contributed by atoms with E-state index >= 15 is 0 Å². The van der Waals surface area contributed by atoms with E-state index in [0.29, 0.717) is 18.9 Å². The normalized spacial score (nSPS) is 10.7. The van der Waals surface area contributed by atoms with E-state index in [1.165, 1.54) is 0 Å². The van der Waals surface area contributed by atoms with Crippen LogP contribution in [0.3, 0.4) is 0 Å². The van der Waals surface area contributed by atoms with E-state index in [4.69, 9.17) is 9.57 Å². The Labute approximate surface area is 104 Å². The van der Waals surface area contributed by atoms with Crippen LogP contribution in [0.25, 0.3) is 5.65 Å². The third kappa shape index (κ3) is 3.28. The Morgan fingerprint density at radius 2 is 2.33 bits per heavy atom. The number of nitrogens with zero attached hydrogens (tertiary/aromatic N) is 2. The number of amides is 1. The minimum absolute atomic E-state index is 0.189. The Morgan fingerprint density at radius 1 is 1.44 bits per heavy atom. The van der Waals surface area contributed by atoms with Crippen LogP contribution in [0.4, 0.5) is 0 Å². The van der Waals surface area contributed by atoms with E-state index in [-0.39, 0.29) is 12.3 Å². The number of rotatable bonds is 6. The summed E-state index contributed by atoms with van der Waals surface area (Å²) >= 11 is 0. The SMILES string of the molecule is COCCONC(=O)Cc1cn2ccccc2n1. The van der Waals surface area contributed by atoms with Gasteiger partial charge in [-0.2, -0.15) is 0 Å². The fourth-order valence-corrected chi connectivity index (χ4v) is 1.53. The van der Waals surface area contributed by atoms with E-state index in [9.17, 15) is 4.79 Å². The summed E-state index contributed by atoms with van der Waals surface area (Å²) in [5.74, 6) is -0.227. The molecule has 0 aliphatic carbocycles. The van der Waals surface area contributed by atoms with Gasteiger partial charge in [0.15, 0.2) is 0 Å². The monoisotopic (exact) mass is 249 g/mol. The van der Waals surface area contributed by atoms with E-state index in [0.717, 1.165) is 5.65 Å². The maximum absolute atomic E-state index is 11.5. The molecule has 2 aromatic heterocycles. The van der Waals surface area contributed by atoms with E-state index in [1.54, 1.807) is 7.11 Å². The van der Waals surface area contributed by atoms with Crippen LogP contribution in [0.1, 0.15) is 5.69 Å². The maximum Gasteiger partial charge on any atom is 0.249 e. The van der Waals surface area contributed by atoms with Crippen LogP contribution in [0.5, 0.6) is 0 Å². The summed E-state index contributed by atoms with van der Waals surface area (Å²) in [6.07, 6.45) is 3.90. The first-order valence-electron chi connectivity index (χ1n) is 5.62. The molecule has 0 aliphatic rings. The number of hydrogen-bond acceptors (Lipinski definition) is 4. The zero-order chi connectivity index (χ0) is 12.8. The highest BCUT2D eigenvalue weighted by Crippen LogP contribution is 2.04. The minimum Gasteiger partial charge on any atom is -0.382 e. The first-order chi connectivity index (χ1) is 8.79. The molecule has 0 saturated carbocycles. The Bertz CT molecular complexity index is 491. The van der Waals surface area contributed by atoms with Gasteiger partial charge in [0, 0.05) is 19.5 Å². The molecule has 18 heavy (non-hydrogen) atoms. The number of ether oxygens (including phenoxy) is 1. The summed E-state index contributed by atoms with van der Waals surface area (Å²) in [4.78, 5) is 20.8. The van der Waals surface area contributed by atoms with Gasteiger partial charge in [0.1, 0.15) is 5.65 Å². The average Bonchev–Trinajstić information content (AvgIpc) is 2.76. The number of pyridine rings is 1. The number of hydrogen-bond donors (Lipinski definition) is 1. The summed E-state index contributed by atoms with van der Waals surface area (Å²) in [5.41, 5.74) is 3.86. The lowest BCUT2D eigenvalue weighted by Gasteiger charge is -2.03. The number of methoxy groups -OCH3 is 1. The van der Waals surface area contributed by atoms with Gasteiger partial charge in [-0.1, -0.05) is 6.07 Å². The molecular formula is C12H15N3O3. The lowest BCUT2D eigenvalue weighted by molar-refractivity contribution is -0.133. The van der Waals surface area contributed by atoms with Gasteiger partial charge in [-0.3, -0.25) is 9.63 Å². The van der Waals surface area contributed by atoms with Crippen molar-refractivity contribution >= 4 is 11.6 Å². The van der Waals surface area contributed by atoms with E-state index in [1.807, 2.05) is 35.0 Å². The number of imidazole rings is 1. The molecule has 0 aliphatic heterocycles. The van der Waals surface area contributed by atoms with Crippen LogP contribution >= 0.6 is 0 Å². The van der Waals surface area contributed by atoms with Crippen molar-refractivity contribution in [3.63, 3.8) is 0 Å². The van der Waals surface area contributed by atoms with Crippen molar-refractivity contribution in [3.05, 3.63) is 36.3 Å². The second-order valence-corrected chi connectivity index (χ2v) is 3.74. The topological polar surface area (TPSA) is 64.9 Å². The molecule has 0 unspecified atom stereocenters. The standard InChI is InChI=1S/C12H15N3O3/c1-17-6-7-18-14-12(16)8-10-9-15-5-3-2-4-11(15)13-10/h2-5,9H,6-8H2,1H3,(H,14,16). The lowest BCUT2D eigenvalue weighted by Crippen LogP contribution is -2.27. The van der Waals surface area contributed by atoms with Crippen LogP contribution in [-0.2, 0) is 20.8 Å². The Morgan fingerprint density at radius 3 is 3.11 bits per heavy atom. The van der Waals surface area contributed by atoms with Gasteiger partial charge in [-0.25, -0.2) is 10.5 Å². The molecule has 2 rings (SSSR count). The van der Waals surface area contributed by atoms with Crippen molar-refractivity contribution in [1.82, 2.24) is 14.9 Å². The first kappa shape index (κ1) is 12.5. The van der Waals surface area contributed by atoms with Crippen LogP contribution in [0.15, 0.2) is 30.6 Å². The van der Waals surface area contributed by atoms with Crippen LogP contribution < -0.4 is 5.48 Å². The predicted octanol–water partition coefficient (Wildman–Crippen LogP) is 0.571. The molecule has 0 bridgehead atoms. The highest BCUT2D eigenvalue weighted by molar-refractivity contribution is 5.77. The zero-order valence-electron chi connectivity index (χ0n) is 10.1. The summed E-state index contributed by atoms with van der Waals surface area (Å²) in [5, 5.41) is 0. The average molecular weight is 249 g/mol. The number of carbonyl (C=O) groups is 1. The molecule has 0 saturated heterocycles. The third-order valence-corrected chi connectivity index (χ3v) is 2.33. The van der Waals surface area contributed by atoms with Crippen molar-refractivity contribution in [2.75, 3.05) is 20.3 Å². The Hall–Kier alpha value is -1.92. The fourth-order valence-electron chi connectivity index (χ4n) is 1.53. The van der Waals surface area contributed by atoms with Gasteiger partial charge in [0.2, 0.25) is 5.91 Å². The zero-order valence-corrected chi connectivity index (χ0v) is 10.1. The summed E-state index contributed by atoms with van der Waals surface area (Å²) < 4.78 is 6.66. The molecule has 6 nitrogen and oxygen atoms in total. The lowest BCUT2D eigenvalue weighted by atomic mass is 10.3. The second kappa shape index (κ2) is 6.13. The molecule has 0 fully saturated rings. The van der Waals surface area contributed by atoms with Crippen molar-refractivity contribution in [2.24, 2.45) is 0 Å². The molecule has 1 N–H and O–H groups in total. The molecule has 0 spiro atoms. The Balaban J connectivity index is 1.86. The first-order valence-corrected chi connectivity index (χ1v) is 5.62. The molecule has 0 atom stereocenters. The van der Waals surface area contributed by atoms with Crippen molar-refractivity contribution in [1.29, 1.82) is 0 Å². The summed E-state index contributed by atoms with van der Waals surface area (Å²) in [7, 11) is 1.57. The largest absolute Gasteiger partial charge is 0.382 e. The highest BCUT2D eigenvalue weighted by atomic mass is 16.7. The summed E-state index contributed by atoms with van der Waals surface area (Å²) in [6, 6.07) is 5.70. The number of hydroxylamine groups is 1. The van der Waals surface area contributed by atoms with Crippen molar-refractivity contribution in [2.45, 2.75) is 6.42 Å². The third-order valence-electron chi connectivity index (χ3n) is 2.33. The number of aromatic nitrogens is 2. The molecule has 2 heterocycles. The van der Waals surface area contributed by atoms with Crippen LogP contribution in [0.2, 0.25) is 0 Å². The van der Waals surface area contributed by atoms with E-state index in [2.05, 4.69) is 10.5 Å². The van der Waals surface area contributed by atoms with Gasteiger partial charge in [0.25, 0.3) is 0 Å². The summed E-state index contributed by atoms with van der Waals surface area (Å²) in [6.45, 7) is 0.766. The van der Waals surface area contributed by atoms with Crippen molar-refractivity contribution < 1.29 is 14.4 Å². The van der Waals surface area contributed by atoms with Crippen LogP contribution in [0, 0.1) is 0 Å². The van der Waals surface area contributed by atoms with Gasteiger partial charge in [0.05, 0.1) is 25.3 Å². The second-order valence-electron chi connectivity index (χ2n) is 3.74. The van der Waals surface area contributed by atoms with E-state index < -0.39 is 0 Å². The van der Waals surface area contributed by atoms with Gasteiger partial charge in [-0.15, -0.1) is 0 Å². The van der Waals surface area contributed by atoms with Gasteiger partial charge >= 0.3 is 0 Å². The molecule has 2 aromatic rings. The molecular weight excluding hydrogens is 234 g/mol. The minimum atomic E-state index is -0.227. The number of carbonyl (C=O) groups excluding carboxylic acids is 1. The molecule has 1 amide bonds. The van der Waals surface area contributed by atoms with Gasteiger partial charge in [-0.05, 0) is 12.1 Å². The maximum atomic E-state index is 11.5. The fraction of sp³-hybridized carbons (Fsp3) is 0.333. The predicted molar refractivity (Wildman–Crippen MR) is 64.9 cm³/mol. The smallest absolute Gasteiger partial charge is 0.249 e. The molecule has 96 valence electrons. The molecule has 6 heteroatoms. The molecule has 0 aromatic carbocycles. The Kier molecular flexibility index (Phi) is 4.27. The quantitative estimate of drug-likeness (QED) is 0.600. The van der Waals surface area contributed by atoms with Crippen LogP contribution in [-0.4, -0.2) is 35.6 Å². The highest BCUT2D eigenvalue weighted by Gasteiger charge is 2.07. The molecule has 0 radical (unpaired) electrons. The van der Waals surface area contributed by atoms with Crippen molar-refractivity contribution in [3.8, 4) is 0 Å². The number of nitrogens with one attached hydrogen (secondary N) is 1. The number of fused-ring (bicyclic) bond motifs is 1.